The molecule has 136 valence electrons. The highest BCUT2D eigenvalue weighted by molar-refractivity contribution is 9.09. The van der Waals surface area contributed by atoms with Crippen molar-refractivity contribution in [2.45, 2.75) is 17.4 Å². The van der Waals surface area contributed by atoms with Crippen molar-refractivity contribution in [3.8, 4) is 0 Å². The van der Waals surface area contributed by atoms with Gasteiger partial charge in [0.1, 0.15) is 6.10 Å². The van der Waals surface area contributed by atoms with Crippen molar-refractivity contribution in [1.29, 1.82) is 0 Å². The van der Waals surface area contributed by atoms with Crippen LogP contribution in [0.2, 0.25) is 0 Å². The van der Waals surface area contributed by atoms with Gasteiger partial charge in [0.2, 0.25) is 0 Å². The van der Waals surface area contributed by atoms with Gasteiger partial charge in [-0.1, -0.05) is 15.9 Å². The van der Waals surface area contributed by atoms with Crippen molar-refractivity contribution in [1.82, 2.24) is 0 Å². The molecule has 1 saturated heterocycles. The third-order valence-electron chi connectivity index (χ3n) is 5.54. The van der Waals surface area contributed by atoms with E-state index in [-0.39, 0.29) is 40.0 Å². The molecular formula is C17H14BrNO7. The molecule has 1 heterocycles. The average Bonchev–Trinajstić information content (AvgIpc) is 3.23. The quantitative estimate of drug-likeness (QED) is 0.233. The van der Waals surface area contributed by atoms with E-state index in [1.54, 1.807) is 0 Å². The minimum Gasteiger partial charge on any atom is -0.461 e. The van der Waals surface area contributed by atoms with E-state index in [2.05, 4.69) is 15.9 Å². The smallest absolute Gasteiger partial charge is 0.310 e. The van der Waals surface area contributed by atoms with E-state index in [1.165, 1.54) is 24.3 Å². The van der Waals surface area contributed by atoms with Gasteiger partial charge in [-0.25, -0.2) is 0 Å². The standard InChI is InChI=1S/C17H14BrNO7/c18-14-9-5-10-13(17(22)26-15(10)14)12(9)16(21)25-6-11(20)7-1-3-8(4-2-7)19(23)24/h1-4,9-10,12-15H,5-6H2/t9-,10-,12-,13-,14-,15+/m1/s1. The number of nitrogens with zero attached hydrogens (tertiary/aromatic N) is 1. The van der Waals surface area contributed by atoms with Gasteiger partial charge in [0.05, 0.1) is 21.6 Å². The molecule has 1 aliphatic heterocycles. The molecule has 0 N–H and O–H groups in total. The summed E-state index contributed by atoms with van der Waals surface area (Å²) in [6.45, 7) is -0.470. The molecule has 1 aromatic rings. The maximum absolute atomic E-state index is 12.5. The van der Waals surface area contributed by atoms with Crippen LogP contribution < -0.4 is 0 Å². The fourth-order valence-corrected chi connectivity index (χ4v) is 5.42. The number of carbonyl (C=O) groups is 3. The largest absolute Gasteiger partial charge is 0.461 e. The van der Waals surface area contributed by atoms with Gasteiger partial charge < -0.3 is 9.47 Å². The van der Waals surface area contributed by atoms with Crippen LogP contribution in [0.15, 0.2) is 24.3 Å². The SMILES string of the molecule is O=C(COC(=O)[C@@H]1[C@H]2C[C@H]3[C@H](OC(=O)[C@H]31)[C@@H]2Br)c1ccc([N+](=O)[O-])cc1. The normalized spacial score (nSPS) is 33.8. The van der Waals surface area contributed by atoms with Crippen molar-refractivity contribution in [3.63, 3.8) is 0 Å². The Kier molecular flexibility index (Phi) is 4.06. The van der Waals surface area contributed by atoms with E-state index >= 15 is 0 Å². The van der Waals surface area contributed by atoms with Crippen LogP contribution in [0.3, 0.4) is 0 Å². The lowest BCUT2D eigenvalue weighted by molar-refractivity contribution is -0.384. The second-order valence-corrected chi connectivity index (χ2v) is 7.85. The van der Waals surface area contributed by atoms with Crippen LogP contribution >= 0.6 is 15.9 Å². The van der Waals surface area contributed by atoms with Crippen LogP contribution in [-0.2, 0) is 19.1 Å². The first-order valence-corrected chi connectivity index (χ1v) is 9.09. The number of esters is 2. The summed E-state index contributed by atoms with van der Waals surface area (Å²) in [6, 6.07) is 5.07. The molecule has 0 amide bonds. The number of nitro benzene ring substituents is 1. The second kappa shape index (κ2) is 6.15. The van der Waals surface area contributed by atoms with Crippen molar-refractivity contribution in [2.24, 2.45) is 23.7 Å². The highest BCUT2D eigenvalue weighted by Crippen LogP contribution is 2.60. The molecule has 3 fully saturated rings. The molecule has 4 rings (SSSR count). The zero-order valence-electron chi connectivity index (χ0n) is 13.4. The lowest BCUT2D eigenvalue weighted by Gasteiger charge is -2.26. The number of ether oxygens (including phenoxy) is 2. The molecule has 3 aliphatic rings. The van der Waals surface area contributed by atoms with Gasteiger partial charge in [-0.05, 0) is 24.5 Å². The molecule has 6 atom stereocenters. The Labute approximate surface area is 156 Å². The van der Waals surface area contributed by atoms with E-state index in [0.717, 1.165) is 6.42 Å². The number of alkyl halides is 1. The molecule has 1 aromatic carbocycles. The molecule has 2 saturated carbocycles. The Morgan fingerprint density at radius 1 is 1.27 bits per heavy atom. The lowest BCUT2D eigenvalue weighted by Crippen LogP contribution is -2.39. The van der Waals surface area contributed by atoms with Gasteiger partial charge in [0.25, 0.3) is 5.69 Å². The zero-order chi connectivity index (χ0) is 18.6. The molecule has 9 heteroatoms. The van der Waals surface area contributed by atoms with E-state index in [1.807, 2.05) is 0 Å². The summed E-state index contributed by atoms with van der Waals surface area (Å²) in [5, 5.41) is 10.6. The monoisotopic (exact) mass is 423 g/mol. The highest BCUT2D eigenvalue weighted by atomic mass is 79.9. The van der Waals surface area contributed by atoms with Gasteiger partial charge in [-0.3, -0.25) is 24.5 Å². The number of Topliss-reactive ketones (excluding diaryl/α,β-unsaturated/α-hetero) is 1. The van der Waals surface area contributed by atoms with Gasteiger partial charge in [-0.2, -0.15) is 0 Å². The lowest BCUT2D eigenvalue weighted by atomic mass is 9.80. The molecule has 0 radical (unpaired) electrons. The Hall–Kier alpha value is -2.29. The molecule has 8 nitrogen and oxygen atoms in total. The maximum atomic E-state index is 12.5. The summed E-state index contributed by atoms with van der Waals surface area (Å²) in [6.07, 6.45) is 0.552. The Bertz CT molecular complexity index is 808. The summed E-state index contributed by atoms with van der Waals surface area (Å²) in [4.78, 5) is 46.7. The van der Waals surface area contributed by atoms with Crippen LogP contribution in [0, 0.1) is 33.8 Å². The molecule has 0 unspecified atom stereocenters. The number of fused-ring (bicyclic) bond motifs is 1. The van der Waals surface area contributed by atoms with Gasteiger partial charge >= 0.3 is 11.9 Å². The first-order chi connectivity index (χ1) is 12.4. The first kappa shape index (κ1) is 17.1. The number of halogens is 1. The van der Waals surface area contributed by atoms with Gasteiger partial charge in [0.15, 0.2) is 12.4 Å². The molecule has 26 heavy (non-hydrogen) atoms. The van der Waals surface area contributed by atoms with Crippen LogP contribution in [0.5, 0.6) is 0 Å². The predicted molar refractivity (Wildman–Crippen MR) is 89.6 cm³/mol. The number of hydrogen-bond donors (Lipinski definition) is 0. The van der Waals surface area contributed by atoms with Crippen molar-refractivity contribution >= 4 is 39.3 Å². The Morgan fingerprint density at radius 3 is 2.62 bits per heavy atom. The molecule has 0 aromatic heterocycles. The summed E-state index contributed by atoms with van der Waals surface area (Å²) >= 11 is 3.51. The number of non-ortho nitro benzene ring substituents is 1. The average molecular weight is 424 g/mol. The summed E-state index contributed by atoms with van der Waals surface area (Å²) in [5.74, 6) is -2.49. The van der Waals surface area contributed by atoms with Crippen LogP contribution in [0.4, 0.5) is 5.69 Å². The molecular weight excluding hydrogens is 410 g/mol. The third kappa shape index (κ3) is 2.53. The van der Waals surface area contributed by atoms with E-state index < -0.39 is 35.1 Å². The molecule has 2 bridgehead atoms. The molecule has 2 aliphatic carbocycles. The highest BCUT2D eigenvalue weighted by Gasteiger charge is 2.68. The number of hydrogen-bond acceptors (Lipinski definition) is 7. The Balaban J connectivity index is 1.40. The zero-order valence-corrected chi connectivity index (χ0v) is 15.0. The number of benzene rings is 1. The van der Waals surface area contributed by atoms with E-state index in [4.69, 9.17) is 9.47 Å². The van der Waals surface area contributed by atoms with E-state index in [9.17, 15) is 24.5 Å². The third-order valence-corrected chi connectivity index (χ3v) is 6.74. The van der Waals surface area contributed by atoms with E-state index in [0.29, 0.717) is 0 Å². The second-order valence-electron chi connectivity index (χ2n) is 6.80. The topological polar surface area (TPSA) is 113 Å². The summed E-state index contributed by atoms with van der Waals surface area (Å²) in [7, 11) is 0. The fraction of sp³-hybridized carbons (Fsp3) is 0.471. The van der Waals surface area contributed by atoms with Crippen molar-refractivity contribution < 1.29 is 28.8 Å². The first-order valence-electron chi connectivity index (χ1n) is 8.17. The van der Waals surface area contributed by atoms with Crippen LogP contribution in [0.25, 0.3) is 0 Å². The fourth-order valence-electron chi connectivity index (χ4n) is 4.38. The van der Waals surface area contributed by atoms with Crippen molar-refractivity contribution in [3.05, 3.63) is 39.9 Å². The minimum atomic E-state index is -0.597. The van der Waals surface area contributed by atoms with Gasteiger partial charge in [-0.15, -0.1) is 0 Å². The van der Waals surface area contributed by atoms with Gasteiger partial charge in [0, 0.05) is 23.6 Å². The van der Waals surface area contributed by atoms with Crippen LogP contribution in [0.1, 0.15) is 16.8 Å². The maximum Gasteiger partial charge on any atom is 0.310 e. The number of nitro groups is 1. The number of rotatable bonds is 5. The summed E-state index contributed by atoms with van der Waals surface area (Å²) < 4.78 is 10.5. The minimum absolute atomic E-state index is 0.0276. The molecule has 0 spiro atoms. The number of ketones is 1. The number of carbonyl (C=O) groups excluding carboxylic acids is 3. The Morgan fingerprint density at radius 2 is 1.96 bits per heavy atom. The summed E-state index contributed by atoms with van der Waals surface area (Å²) in [5.41, 5.74) is 0.0910. The predicted octanol–water partition coefficient (Wildman–Crippen LogP) is 1.89. The van der Waals surface area contributed by atoms with Crippen molar-refractivity contribution in [2.75, 3.05) is 6.61 Å². The van der Waals surface area contributed by atoms with Crippen LogP contribution in [-0.4, -0.2) is 40.2 Å².